The van der Waals surface area contributed by atoms with Crippen LogP contribution in [0.5, 0.6) is 11.5 Å². The van der Waals surface area contributed by atoms with Crippen LogP contribution in [0.3, 0.4) is 0 Å². The van der Waals surface area contributed by atoms with Gasteiger partial charge in [-0.15, -0.1) is 0 Å². The first-order valence-corrected chi connectivity index (χ1v) is 13.6. The average molecular weight is 589 g/mol. The van der Waals surface area contributed by atoms with E-state index in [2.05, 4.69) is 15.8 Å². The van der Waals surface area contributed by atoms with Crippen LogP contribution >= 0.6 is 0 Å². The number of amides is 2. The Bertz CT molecular complexity index is 1660. The molecular formula is C35H32N4O5. The van der Waals surface area contributed by atoms with E-state index in [1.54, 1.807) is 86.0 Å². The fourth-order valence-electron chi connectivity index (χ4n) is 3.85. The Morgan fingerprint density at radius 1 is 0.750 bits per heavy atom. The van der Waals surface area contributed by atoms with Gasteiger partial charge in [0.2, 0.25) is 0 Å². The molecule has 2 amide bonds. The number of nitrogens with zero attached hydrogens (tertiary/aromatic N) is 2. The minimum atomic E-state index is -0.601. The molecule has 0 aromatic heterocycles. The summed E-state index contributed by atoms with van der Waals surface area (Å²) >= 11 is 0. The molecule has 0 bridgehead atoms. The van der Waals surface area contributed by atoms with Crippen LogP contribution in [0.4, 0.5) is 5.69 Å². The fraction of sp³-hybridized carbons (Fsp3) is 0.0857. The number of hydrazone groups is 1. The second-order valence-electron chi connectivity index (χ2n) is 9.66. The molecule has 0 aliphatic rings. The number of anilines is 1. The number of carbonyl (C=O) groups is 3. The molecular weight excluding hydrogens is 556 g/mol. The third kappa shape index (κ3) is 9.28. The Kier molecular flexibility index (Phi) is 10.8. The van der Waals surface area contributed by atoms with Crippen molar-refractivity contribution in [1.29, 1.82) is 0 Å². The number of hydrogen-bond donors (Lipinski definition) is 2. The molecule has 0 fully saturated rings. The zero-order chi connectivity index (χ0) is 31.3. The van der Waals surface area contributed by atoms with Crippen LogP contribution in [0.1, 0.15) is 27.0 Å². The lowest BCUT2D eigenvalue weighted by atomic mass is 10.1. The van der Waals surface area contributed by atoms with E-state index in [1.165, 1.54) is 12.3 Å². The van der Waals surface area contributed by atoms with Crippen LogP contribution in [0.15, 0.2) is 120 Å². The minimum Gasteiger partial charge on any atom is -0.497 e. The van der Waals surface area contributed by atoms with E-state index in [-0.39, 0.29) is 5.70 Å². The number of benzene rings is 4. The SMILES string of the molecule is COc1ccc(C=CC(=O)Oc2ccc(C=NNC(=O)C(=Cc3ccc(N(C)C)cc3)NC(=O)c3ccccc3)cc2)cc1. The topological polar surface area (TPSA) is 109 Å². The van der Waals surface area contributed by atoms with Gasteiger partial charge in [0.15, 0.2) is 0 Å². The van der Waals surface area contributed by atoms with E-state index in [9.17, 15) is 14.4 Å². The van der Waals surface area contributed by atoms with Crippen molar-refractivity contribution in [3.8, 4) is 11.5 Å². The van der Waals surface area contributed by atoms with Crippen LogP contribution in [0.25, 0.3) is 12.2 Å². The number of carbonyl (C=O) groups excluding carboxylic acids is 3. The lowest BCUT2D eigenvalue weighted by Gasteiger charge is -2.12. The molecule has 4 aromatic rings. The Morgan fingerprint density at radius 2 is 1.36 bits per heavy atom. The van der Waals surface area contributed by atoms with Crippen LogP contribution in [0.2, 0.25) is 0 Å². The minimum absolute atomic E-state index is 0.0264. The fourth-order valence-corrected chi connectivity index (χ4v) is 3.85. The van der Waals surface area contributed by atoms with Gasteiger partial charge in [-0.05, 0) is 89.5 Å². The normalized spacial score (nSPS) is 11.3. The van der Waals surface area contributed by atoms with E-state index in [0.717, 1.165) is 22.6 Å². The molecule has 44 heavy (non-hydrogen) atoms. The first kappa shape index (κ1) is 31.0. The van der Waals surface area contributed by atoms with Crippen LogP contribution in [0, 0.1) is 0 Å². The maximum absolute atomic E-state index is 13.1. The van der Waals surface area contributed by atoms with Gasteiger partial charge >= 0.3 is 5.97 Å². The molecule has 2 N–H and O–H groups in total. The predicted molar refractivity (Wildman–Crippen MR) is 172 cm³/mol. The van der Waals surface area contributed by atoms with Crippen molar-refractivity contribution >= 4 is 41.8 Å². The van der Waals surface area contributed by atoms with E-state index < -0.39 is 17.8 Å². The summed E-state index contributed by atoms with van der Waals surface area (Å²) in [4.78, 5) is 40.0. The molecule has 0 radical (unpaired) electrons. The lowest BCUT2D eigenvalue weighted by molar-refractivity contribution is -0.128. The summed E-state index contributed by atoms with van der Waals surface area (Å²) in [6, 6.07) is 30.0. The van der Waals surface area contributed by atoms with Gasteiger partial charge in [0.25, 0.3) is 11.8 Å². The van der Waals surface area contributed by atoms with Crippen molar-refractivity contribution in [2.45, 2.75) is 0 Å². The molecule has 4 rings (SSSR count). The number of hydrogen-bond acceptors (Lipinski definition) is 7. The zero-order valence-electron chi connectivity index (χ0n) is 24.6. The van der Waals surface area contributed by atoms with Crippen molar-refractivity contribution in [1.82, 2.24) is 10.7 Å². The number of ether oxygens (including phenoxy) is 2. The summed E-state index contributed by atoms with van der Waals surface area (Å²) in [5, 5.41) is 6.72. The summed E-state index contributed by atoms with van der Waals surface area (Å²) in [5.74, 6) is -0.473. The van der Waals surface area contributed by atoms with Crippen LogP contribution in [-0.2, 0) is 9.59 Å². The van der Waals surface area contributed by atoms with E-state index >= 15 is 0 Å². The monoisotopic (exact) mass is 588 g/mol. The molecule has 0 aliphatic carbocycles. The van der Waals surface area contributed by atoms with Crippen molar-refractivity contribution in [2.24, 2.45) is 5.10 Å². The molecule has 0 spiro atoms. The number of esters is 1. The third-order valence-corrected chi connectivity index (χ3v) is 6.26. The van der Waals surface area contributed by atoms with E-state index in [4.69, 9.17) is 9.47 Å². The number of rotatable bonds is 11. The van der Waals surface area contributed by atoms with Gasteiger partial charge in [0, 0.05) is 31.4 Å². The highest BCUT2D eigenvalue weighted by molar-refractivity contribution is 6.05. The van der Waals surface area contributed by atoms with Gasteiger partial charge in [-0.3, -0.25) is 9.59 Å². The first-order chi connectivity index (χ1) is 21.3. The van der Waals surface area contributed by atoms with Crippen LogP contribution < -0.4 is 25.1 Å². The number of methoxy groups -OCH3 is 1. The maximum atomic E-state index is 13.1. The Hall–Kier alpha value is -5.96. The highest BCUT2D eigenvalue weighted by Gasteiger charge is 2.14. The molecule has 0 aliphatic heterocycles. The van der Waals surface area contributed by atoms with Gasteiger partial charge in [-0.2, -0.15) is 5.10 Å². The van der Waals surface area contributed by atoms with Gasteiger partial charge in [-0.1, -0.05) is 42.5 Å². The summed E-state index contributed by atoms with van der Waals surface area (Å²) < 4.78 is 10.5. The summed E-state index contributed by atoms with van der Waals surface area (Å²) in [6.45, 7) is 0. The summed E-state index contributed by atoms with van der Waals surface area (Å²) in [6.07, 6.45) is 6.01. The number of nitrogens with one attached hydrogen (secondary N) is 2. The Morgan fingerprint density at radius 3 is 2.00 bits per heavy atom. The largest absolute Gasteiger partial charge is 0.497 e. The molecule has 4 aromatic carbocycles. The smallest absolute Gasteiger partial charge is 0.336 e. The molecule has 0 saturated heterocycles. The molecule has 222 valence electrons. The van der Waals surface area contributed by atoms with E-state index in [0.29, 0.717) is 16.9 Å². The highest BCUT2D eigenvalue weighted by Crippen LogP contribution is 2.16. The highest BCUT2D eigenvalue weighted by atomic mass is 16.5. The summed E-state index contributed by atoms with van der Waals surface area (Å²) in [7, 11) is 5.46. The Labute approximate surface area is 256 Å². The summed E-state index contributed by atoms with van der Waals surface area (Å²) in [5.41, 5.74) is 6.10. The van der Waals surface area contributed by atoms with Crippen LogP contribution in [-0.4, -0.2) is 45.2 Å². The molecule has 0 atom stereocenters. The molecule has 9 nitrogen and oxygen atoms in total. The van der Waals surface area contributed by atoms with Gasteiger partial charge in [-0.25, -0.2) is 10.2 Å². The second-order valence-corrected chi connectivity index (χ2v) is 9.66. The standard InChI is InChI=1S/C35H32N4O5/c1-39(2)29-16-9-26(10-17-29)23-32(37-34(41)28-7-5-4-6-8-28)35(42)38-36-24-27-13-20-31(21-14-27)44-33(40)22-15-25-11-18-30(43-3)19-12-25/h4-24H,1-3H3,(H,37,41)(H,38,42). The van der Waals surface area contributed by atoms with Crippen molar-refractivity contribution in [3.05, 3.63) is 137 Å². The zero-order valence-corrected chi connectivity index (χ0v) is 24.6. The molecule has 0 saturated carbocycles. The Balaban J connectivity index is 1.38. The van der Waals surface area contributed by atoms with Gasteiger partial charge in [0.05, 0.1) is 13.3 Å². The quantitative estimate of drug-likeness (QED) is 0.0809. The second kappa shape index (κ2) is 15.3. The average Bonchev–Trinajstić information content (AvgIpc) is 3.05. The predicted octanol–water partition coefficient (Wildman–Crippen LogP) is 5.30. The van der Waals surface area contributed by atoms with Crippen molar-refractivity contribution in [2.75, 3.05) is 26.1 Å². The molecule has 0 unspecified atom stereocenters. The van der Waals surface area contributed by atoms with Gasteiger partial charge in [0.1, 0.15) is 17.2 Å². The first-order valence-electron chi connectivity index (χ1n) is 13.6. The maximum Gasteiger partial charge on any atom is 0.336 e. The van der Waals surface area contributed by atoms with Gasteiger partial charge < -0.3 is 19.7 Å². The molecule has 9 heteroatoms. The van der Waals surface area contributed by atoms with Crippen molar-refractivity contribution < 1.29 is 23.9 Å². The lowest BCUT2D eigenvalue weighted by Crippen LogP contribution is -2.32. The third-order valence-electron chi connectivity index (χ3n) is 6.26. The van der Waals surface area contributed by atoms with Crippen molar-refractivity contribution in [3.63, 3.8) is 0 Å². The molecule has 0 heterocycles. The van der Waals surface area contributed by atoms with E-state index in [1.807, 2.05) is 55.4 Å².